The van der Waals surface area contributed by atoms with Crippen LogP contribution in [0.5, 0.6) is 5.75 Å². The number of phenols is 1. The van der Waals surface area contributed by atoms with Crippen LogP contribution in [0.1, 0.15) is 17.4 Å². The number of amides is 1. The SMILES string of the molecule is CCS(=O)(=O)c1ccc(O)c(NC(=O)c2cc(-c3ccc(Cl)cc3Cl)n[nH]2)c1. The van der Waals surface area contributed by atoms with Crippen molar-refractivity contribution in [3.05, 3.63) is 58.2 Å². The standard InChI is InChI=1S/C18H15Cl2N3O4S/c1-2-28(26,27)11-4-6-17(24)15(8-11)21-18(25)16-9-14(22-23-16)12-5-3-10(19)7-13(12)20/h3-9,24H,2H2,1H3,(H,21,25)(H,22,23). The topological polar surface area (TPSA) is 112 Å². The predicted molar refractivity (Wildman–Crippen MR) is 108 cm³/mol. The van der Waals surface area contributed by atoms with Gasteiger partial charge in [-0.05, 0) is 42.5 Å². The first-order valence-electron chi connectivity index (χ1n) is 8.09. The quantitative estimate of drug-likeness (QED) is 0.517. The van der Waals surface area contributed by atoms with E-state index in [1.54, 1.807) is 18.2 Å². The van der Waals surface area contributed by atoms with Crippen LogP contribution in [0.25, 0.3) is 11.3 Å². The van der Waals surface area contributed by atoms with E-state index in [2.05, 4.69) is 15.5 Å². The van der Waals surface area contributed by atoms with Crippen molar-refractivity contribution in [2.24, 2.45) is 0 Å². The fourth-order valence-corrected chi connectivity index (χ4v) is 3.85. The van der Waals surface area contributed by atoms with Crippen LogP contribution in [-0.2, 0) is 9.84 Å². The van der Waals surface area contributed by atoms with Crippen LogP contribution >= 0.6 is 23.2 Å². The molecule has 10 heteroatoms. The number of hydrogen-bond acceptors (Lipinski definition) is 5. The Morgan fingerprint density at radius 1 is 1.18 bits per heavy atom. The number of aromatic amines is 1. The molecule has 0 bridgehead atoms. The van der Waals surface area contributed by atoms with Crippen LogP contribution in [0.4, 0.5) is 5.69 Å². The van der Waals surface area contributed by atoms with Gasteiger partial charge in [0, 0.05) is 10.6 Å². The highest BCUT2D eigenvalue weighted by Gasteiger charge is 2.18. The summed E-state index contributed by atoms with van der Waals surface area (Å²) in [5.74, 6) is -0.967. The maximum atomic E-state index is 12.5. The number of nitrogens with zero attached hydrogens (tertiary/aromatic N) is 1. The van der Waals surface area contributed by atoms with Crippen molar-refractivity contribution >= 4 is 44.6 Å². The molecule has 0 saturated carbocycles. The molecule has 28 heavy (non-hydrogen) atoms. The molecule has 0 aliphatic carbocycles. The first kappa shape index (κ1) is 20.2. The Labute approximate surface area is 171 Å². The summed E-state index contributed by atoms with van der Waals surface area (Å²) >= 11 is 12.0. The maximum absolute atomic E-state index is 12.5. The molecule has 1 amide bonds. The number of H-pyrrole nitrogens is 1. The molecule has 146 valence electrons. The summed E-state index contributed by atoms with van der Waals surface area (Å²) in [6, 6.07) is 10.1. The molecule has 0 aliphatic rings. The number of hydrogen-bond donors (Lipinski definition) is 3. The highest BCUT2D eigenvalue weighted by atomic mass is 35.5. The van der Waals surface area contributed by atoms with Gasteiger partial charge in [-0.25, -0.2) is 8.42 Å². The van der Waals surface area contributed by atoms with Gasteiger partial charge in [-0.1, -0.05) is 30.1 Å². The smallest absolute Gasteiger partial charge is 0.273 e. The van der Waals surface area contributed by atoms with E-state index in [-0.39, 0.29) is 27.8 Å². The molecule has 0 radical (unpaired) electrons. The lowest BCUT2D eigenvalue weighted by Gasteiger charge is -2.09. The van der Waals surface area contributed by atoms with Crippen molar-refractivity contribution in [2.75, 3.05) is 11.1 Å². The zero-order valence-electron chi connectivity index (χ0n) is 14.5. The van der Waals surface area contributed by atoms with Crippen LogP contribution in [-0.4, -0.2) is 35.4 Å². The summed E-state index contributed by atoms with van der Waals surface area (Å²) < 4.78 is 24.0. The van der Waals surface area contributed by atoms with E-state index in [9.17, 15) is 18.3 Å². The van der Waals surface area contributed by atoms with Gasteiger partial charge in [0.05, 0.1) is 27.1 Å². The lowest BCUT2D eigenvalue weighted by Crippen LogP contribution is -2.13. The molecular weight excluding hydrogens is 425 g/mol. The Bertz CT molecular complexity index is 1160. The number of carbonyl (C=O) groups excluding carboxylic acids is 1. The van der Waals surface area contributed by atoms with Gasteiger partial charge in [-0.15, -0.1) is 0 Å². The van der Waals surface area contributed by atoms with Gasteiger partial charge in [0.1, 0.15) is 11.4 Å². The second-order valence-corrected chi connectivity index (χ2v) is 8.95. The molecule has 0 atom stereocenters. The van der Waals surface area contributed by atoms with Crippen molar-refractivity contribution in [1.82, 2.24) is 10.2 Å². The van der Waals surface area contributed by atoms with Gasteiger partial charge in [0.25, 0.3) is 5.91 Å². The van der Waals surface area contributed by atoms with E-state index in [1.807, 2.05) is 0 Å². The number of phenolic OH excluding ortho intramolecular Hbond substituents is 1. The minimum atomic E-state index is -3.49. The monoisotopic (exact) mass is 439 g/mol. The number of rotatable bonds is 5. The number of carbonyl (C=O) groups is 1. The number of nitrogens with one attached hydrogen (secondary N) is 2. The molecule has 1 heterocycles. The van der Waals surface area contributed by atoms with Crippen molar-refractivity contribution in [3.63, 3.8) is 0 Å². The van der Waals surface area contributed by atoms with Crippen LogP contribution in [0.2, 0.25) is 10.0 Å². The van der Waals surface area contributed by atoms with Crippen LogP contribution in [0.3, 0.4) is 0 Å². The van der Waals surface area contributed by atoms with Gasteiger partial charge in [-0.2, -0.15) is 5.10 Å². The summed E-state index contributed by atoms with van der Waals surface area (Å²) in [6.45, 7) is 1.51. The normalized spacial score (nSPS) is 11.4. The van der Waals surface area contributed by atoms with E-state index >= 15 is 0 Å². The first-order valence-corrected chi connectivity index (χ1v) is 10.5. The molecular formula is C18H15Cl2N3O4S. The molecule has 0 spiro atoms. The molecule has 3 rings (SSSR count). The van der Waals surface area contributed by atoms with E-state index < -0.39 is 15.7 Å². The van der Waals surface area contributed by atoms with Crippen LogP contribution in [0, 0.1) is 0 Å². The summed E-state index contributed by atoms with van der Waals surface area (Å²) in [4.78, 5) is 12.5. The highest BCUT2D eigenvalue weighted by molar-refractivity contribution is 7.91. The molecule has 2 aromatic carbocycles. The van der Waals surface area contributed by atoms with E-state index in [0.717, 1.165) is 0 Å². The third-order valence-electron chi connectivity index (χ3n) is 3.98. The van der Waals surface area contributed by atoms with Crippen LogP contribution in [0.15, 0.2) is 47.4 Å². The summed E-state index contributed by atoms with van der Waals surface area (Å²) in [5.41, 5.74) is 1.09. The lowest BCUT2D eigenvalue weighted by molar-refractivity contribution is 0.102. The fourth-order valence-electron chi connectivity index (χ4n) is 2.44. The number of halogens is 2. The molecule has 7 nitrogen and oxygen atoms in total. The Morgan fingerprint density at radius 2 is 1.93 bits per heavy atom. The number of aromatic hydroxyl groups is 1. The largest absolute Gasteiger partial charge is 0.506 e. The molecule has 3 N–H and O–H groups in total. The van der Waals surface area contributed by atoms with Crippen molar-refractivity contribution < 1.29 is 18.3 Å². The molecule has 0 saturated heterocycles. The first-order chi connectivity index (χ1) is 13.2. The number of benzene rings is 2. The molecule has 0 fully saturated rings. The van der Waals surface area contributed by atoms with Crippen molar-refractivity contribution in [1.29, 1.82) is 0 Å². The second-order valence-electron chi connectivity index (χ2n) is 5.83. The third kappa shape index (κ3) is 4.14. The van der Waals surface area contributed by atoms with Crippen molar-refractivity contribution in [3.8, 4) is 17.0 Å². The maximum Gasteiger partial charge on any atom is 0.273 e. The Morgan fingerprint density at radius 3 is 2.61 bits per heavy atom. The van der Waals surface area contributed by atoms with E-state index in [0.29, 0.717) is 21.3 Å². The number of sulfone groups is 1. The number of aromatic nitrogens is 2. The Kier molecular flexibility index (Phi) is 5.64. The van der Waals surface area contributed by atoms with Gasteiger partial charge in [-0.3, -0.25) is 9.89 Å². The van der Waals surface area contributed by atoms with E-state index in [1.165, 1.54) is 31.2 Å². The van der Waals surface area contributed by atoms with Gasteiger partial charge < -0.3 is 10.4 Å². The fraction of sp³-hybridized carbons (Fsp3) is 0.111. The average Bonchev–Trinajstić information content (AvgIpc) is 3.13. The summed E-state index contributed by atoms with van der Waals surface area (Å²) in [5, 5.41) is 19.9. The Balaban J connectivity index is 1.87. The molecule has 0 unspecified atom stereocenters. The van der Waals surface area contributed by atoms with Gasteiger partial charge in [0.2, 0.25) is 0 Å². The van der Waals surface area contributed by atoms with E-state index in [4.69, 9.17) is 23.2 Å². The highest BCUT2D eigenvalue weighted by Crippen LogP contribution is 2.30. The van der Waals surface area contributed by atoms with Crippen LogP contribution < -0.4 is 5.32 Å². The third-order valence-corrected chi connectivity index (χ3v) is 6.27. The predicted octanol–water partition coefficient (Wildman–Crippen LogP) is 4.14. The van der Waals surface area contributed by atoms with Crippen molar-refractivity contribution in [2.45, 2.75) is 11.8 Å². The van der Waals surface area contributed by atoms with Gasteiger partial charge >= 0.3 is 0 Å². The molecule has 3 aromatic rings. The summed E-state index contributed by atoms with van der Waals surface area (Å²) in [7, 11) is -3.49. The Hall–Kier alpha value is -2.55. The molecule has 0 aliphatic heterocycles. The number of anilines is 1. The summed E-state index contributed by atoms with van der Waals surface area (Å²) in [6.07, 6.45) is 0. The minimum absolute atomic E-state index is 0.00125. The molecule has 1 aromatic heterocycles. The average molecular weight is 440 g/mol. The zero-order chi connectivity index (χ0) is 20.5. The zero-order valence-corrected chi connectivity index (χ0v) is 16.9. The second kappa shape index (κ2) is 7.83. The minimum Gasteiger partial charge on any atom is -0.506 e. The lowest BCUT2D eigenvalue weighted by atomic mass is 10.1. The van der Waals surface area contributed by atoms with Gasteiger partial charge in [0.15, 0.2) is 9.84 Å².